The zero-order chi connectivity index (χ0) is 31.0. The normalized spacial score (nSPS) is 14.3. The number of benzene rings is 4. The maximum atomic E-state index is 10.3. The highest BCUT2D eigenvalue weighted by Crippen LogP contribution is 2.31. The zero-order valence-electron chi connectivity index (χ0n) is 23.9. The number of nitrogens with zero attached hydrogens (tertiary/aromatic N) is 6. The number of fused-ring (bicyclic) bond motifs is 1. The molecule has 0 spiro atoms. The van der Waals surface area contributed by atoms with Gasteiger partial charge in [-0.15, -0.1) is 10.2 Å². The van der Waals surface area contributed by atoms with Gasteiger partial charge in [0.15, 0.2) is 0 Å². The number of para-hydroxylation sites is 2. The molecule has 2 atom stereocenters. The first-order valence-corrected chi connectivity index (χ1v) is 14.9. The molecule has 1 aliphatic heterocycles. The summed E-state index contributed by atoms with van der Waals surface area (Å²) in [6, 6.07) is 30.2. The number of aliphatic hydroxyl groups excluding tert-OH is 1. The Morgan fingerprint density at radius 2 is 1.38 bits per heavy atom. The van der Waals surface area contributed by atoms with E-state index in [9.17, 15) is 10.1 Å². The van der Waals surface area contributed by atoms with Gasteiger partial charge in [-0.25, -0.2) is 9.36 Å². The van der Waals surface area contributed by atoms with Gasteiger partial charge in [-0.3, -0.25) is 0 Å². The summed E-state index contributed by atoms with van der Waals surface area (Å²) < 4.78 is 21.2. The van der Waals surface area contributed by atoms with Crippen LogP contribution in [-0.4, -0.2) is 47.2 Å². The van der Waals surface area contributed by atoms with Crippen LogP contribution in [0.15, 0.2) is 126 Å². The van der Waals surface area contributed by atoms with Crippen molar-refractivity contribution in [3.8, 4) is 23.0 Å². The fourth-order valence-electron chi connectivity index (χ4n) is 4.76. The number of aromatic nitrogens is 6. The summed E-state index contributed by atoms with van der Waals surface area (Å²) in [6.45, 7) is 0.848. The third-order valence-electron chi connectivity index (χ3n) is 6.91. The molecule has 2 N–H and O–H groups in total. The Labute approximate surface area is 267 Å². The van der Waals surface area contributed by atoms with E-state index in [1.54, 1.807) is 34.2 Å². The lowest BCUT2D eigenvalue weighted by Crippen LogP contribution is -2.28. The lowest BCUT2D eigenvalue weighted by atomic mass is 9.79. The van der Waals surface area contributed by atoms with Gasteiger partial charge in [0.05, 0.1) is 37.7 Å². The van der Waals surface area contributed by atoms with Crippen molar-refractivity contribution in [3.63, 3.8) is 0 Å². The summed E-state index contributed by atoms with van der Waals surface area (Å²) in [5, 5.41) is 35.7. The molecular formula is C32H28BBrN6O5. The Balaban J connectivity index is 0.000000159. The molecule has 6 aromatic rings. The highest BCUT2D eigenvalue weighted by Gasteiger charge is 2.35. The Bertz CT molecular complexity index is 1800. The molecule has 7 rings (SSSR count). The SMILES string of the molecule is OB1OC(Cn2ccnn2)c2ccc(Oc3ccccc3)cc21.OC(Cn1ccnn1)c1ccc(Oc2ccccc2)cc1Br. The summed E-state index contributed by atoms with van der Waals surface area (Å²) >= 11 is 3.48. The van der Waals surface area contributed by atoms with Crippen molar-refractivity contribution < 1.29 is 24.3 Å². The lowest BCUT2D eigenvalue weighted by molar-refractivity contribution is 0.150. The van der Waals surface area contributed by atoms with E-state index in [4.69, 9.17) is 14.1 Å². The minimum atomic E-state index is -0.960. The minimum Gasteiger partial charge on any atom is -0.457 e. The molecule has 2 unspecified atom stereocenters. The average Bonchev–Trinajstić information content (AvgIpc) is 3.82. The van der Waals surface area contributed by atoms with E-state index in [0.717, 1.165) is 32.6 Å². The molecule has 0 aliphatic carbocycles. The molecule has 2 aromatic heterocycles. The quantitative estimate of drug-likeness (QED) is 0.203. The molecule has 0 amide bonds. The predicted octanol–water partition coefficient (Wildman–Crippen LogP) is 5.10. The predicted molar refractivity (Wildman–Crippen MR) is 170 cm³/mol. The molecular weight excluding hydrogens is 639 g/mol. The second kappa shape index (κ2) is 14.3. The molecule has 13 heteroatoms. The summed E-state index contributed by atoms with van der Waals surface area (Å²) in [4.78, 5) is 0. The average molecular weight is 667 g/mol. The van der Waals surface area contributed by atoms with Crippen LogP contribution in [0.1, 0.15) is 23.3 Å². The Morgan fingerprint density at radius 1 is 0.778 bits per heavy atom. The maximum absolute atomic E-state index is 10.3. The smallest absolute Gasteiger partial charge is 0.457 e. The lowest BCUT2D eigenvalue weighted by Gasteiger charge is -2.14. The van der Waals surface area contributed by atoms with Gasteiger partial charge in [-0.1, -0.05) is 74.9 Å². The van der Waals surface area contributed by atoms with Crippen molar-refractivity contribution in [1.29, 1.82) is 0 Å². The van der Waals surface area contributed by atoms with Gasteiger partial charge in [0.2, 0.25) is 0 Å². The van der Waals surface area contributed by atoms with Gasteiger partial charge in [0, 0.05) is 16.9 Å². The van der Waals surface area contributed by atoms with Crippen molar-refractivity contribution in [3.05, 3.63) is 137 Å². The van der Waals surface area contributed by atoms with Crippen LogP contribution >= 0.6 is 15.9 Å². The fraction of sp³-hybridized carbons (Fsp3) is 0.125. The molecule has 0 bridgehead atoms. The summed E-state index contributed by atoms with van der Waals surface area (Å²) in [5.41, 5.74) is 2.44. The van der Waals surface area contributed by atoms with Gasteiger partial charge < -0.3 is 24.3 Å². The van der Waals surface area contributed by atoms with Gasteiger partial charge >= 0.3 is 7.12 Å². The van der Waals surface area contributed by atoms with Crippen LogP contribution in [0.2, 0.25) is 0 Å². The number of aliphatic hydroxyl groups is 1. The fourth-order valence-corrected chi connectivity index (χ4v) is 5.39. The number of hydrogen-bond acceptors (Lipinski definition) is 9. The largest absolute Gasteiger partial charge is 0.492 e. The highest BCUT2D eigenvalue weighted by molar-refractivity contribution is 9.10. The Hall–Kier alpha value is -4.82. The van der Waals surface area contributed by atoms with Crippen LogP contribution in [0, 0.1) is 0 Å². The standard InChI is InChI=1S/C16H14BN3O3.C16H14BrN3O2/c21-17-15-10-13(22-12-4-2-1-3-5-12)6-7-14(15)16(23-17)11-20-9-8-18-19-20;17-15-10-13(22-12-4-2-1-3-5-12)6-7-14(15)16(21)11-20-9-8-18-19-20/h1-10,16,21H,11H2;1-10,16,21H,11H2. The van der Waals surface area contributed by atoms with E-state index < -0.39 is 13.2 Å². The summed E-state index contributed by atoms with van der Waals surface area (Å²) in [5.74, 6) is 2.89. The second-order valence-corrected chi connectivity index (χ2v) is 10.9. The van der Waals surface area contributed by atoms with Gasteiger partial charge in [0.25, 0.3) is 0 Å². The van der Waals surface area contributed by atoms with E-state index in [0.29, 0.717) is 24.6 Å². The molecule has 0 fully saturated rings. The third-order valence-corrected chi connectivity index (χ3v) is 7.60. The van der Waals surface area contributed by atoms with Gasteiger partial charge in [-0.2, -0.15) is 0 Å². The van der Waals surface area contributed by atoms with E-state index in [-0.39, 0.29) is 6.10 Å². The van der Waals surface area contributed by atoms with E-state index in [1.165, 1.54) is 0 Å². The number of ether oxygens (including phenoxy) is 2. The van der Waals surface area contributed by atoms with Gasteiger partial charge in [0.1, 0.15) is 23.0 Å². The van der Waals surface area contributed by atoms with E-state index in [2.05, 4.69) is 36.6 Å². The second-order valence-electron chi connectivity index (χ2n) is 10.0. The maximum Gasteiger partial charge on any atom is 0.492 e. The third kappa shape index (κ3) is 7.83. The van der Waals surface area contributed by atoms with E-state index >= 15 is 0 Å². The van der Waals surface area contributed by atoms with Crippen LogP contribution in [0.4, 0.5) is 0 Å². The molecule has 226 valence electrons. The van der Waals surface area contributed by atoms with Crippen molar-refractivity contribution in [2.75, 3.05) is 0 Å². The highest BCUT2D eigenvalue weighted by atomic mass is 79.9. The molecule has 45 heavy (non-hydrogen) atoms. The molecule has 0 saturated heterocycles. The number of hydrogen-bond donors (Lipinski definition) is 2. The molecule has 3 heterocycles. The number of halogens is 1. The van der Waals surface area contributed by atoms with Crippen LogP contribution in [0.25, 0.3) is 0 Å². The first kappa shape index (κ1) is 30.2. The van der Waals surface area contributed by atoms with Crippen molar-refractivity contribution in [1.82, 2.24) is 30.0 Å². The minimum absolute atomic E-state index is 0.257. The summed E-state index contributed by atoms with van der Waals surface area (Å²) in [7, 11) is -0.960. The number of rotatable bonds is 9. The van der Waals surface area contributed by atoms with Crippen molar-refractivity contribution >= 4 is 28.5 Å². The molecule has 11 nitrogen and oxygen atoms in total. The van der Waals surface area contributed by atoms with E-state index in [1.807, 2.05) is 97.1 Å². The van der Waals surface area contributed by atoms with Crippen molar-refractivity contribution in [2.45, 2.75) is 25.3 Å². The van der Waals surface area contributed by atoms with Crippen LogP contribution in [0.3, 0.4) is 0 Å². The molecule has 4 aromatic carbocycles. The van der Waals surface area contributed by atoms with Crippen molar-refractivity contribution in [2.24, 2.45) is 0 Å². The Kier molecular flexibility index (Phi) is 9.61. The molecule has 1 aliphatic rings. The monoisotopic (exact) mass is 666 g/mol. The molecule has 0 saturated carbocycles. The molecule has 0 radical (unpaired) electrons. The topological polar surface area (TPSA) is 130 Å². The first-order valence-electron chi connectivity index (χ1n) is 14.1. The van der Waals surface area contributed by atoms with Crippen LogP contribution in [-0.2, 0) is 17.7 Å². The van der Waals surface area contributed by atoms with Gasteiger partial charge in [-0.05, 0) is 65.1 Å². The summed E-state index contributed by atoms with van der Waals surface area (Å²) in [6.07, 6.45) is 5.74. The zero-order valence-corrected chi connectivity index (χ0v) is 25.5. The Morgan fingerprint density at radius 3 is 1.98 bits per heavy atom. The first-order chi connectivity index (χ1) is 22.0. The van der Waals surface area contributed by atoms with Crippen LogP contribution < -0.4 is 14.9 Å². The van der Waals surface area contributed by atoms with Crippen LogP contribution in [0.5, 0.6) is 23.0 Å².